The molecule has 2 unspecified atom stereocenters. The van der Waals surface area contributed by atoms with Gasteiger partial charge >= 0.3 is 0 Å². The first-order chi connectivity index (χ1) is 14.2. The van der Waals surface area contributed by atoms with Crippen LogP contribution in [0.5, 0.6) is 5.75 Å². The number of hydrogen-bond donors (Lipinski definition) is 2. The van der Waals surface area contributed by atoms with Crippen LogP contribution >= 0.6 is 12.4 Å². The van der Waals surface area contributed by atoms with E-state index in [0.717, 1.165) is 35.8 Å². The number of carbonyl (C=O) groups excluding carboxylic acids is 1. The molecule has 3 aromatic rings. The summed E-state index contributed by atoms with van der Waals surface area (Å²) in [5.74, 6) is 0.499. The molecule has 4 rings (SSSR count). The molecule has 0 bridgehead atoms. The van der Waals surface area contributed by atoms with E-state index in [-0.39, 0.29) is 30.5 Å². The van der Waals surface area contributed by atoms with Crippen molar-refractivity contribution in [2.75, 3.05) is 19.8 Å². The number of amides is 1. The van der Waals surface area contributed by atoms with Gasteiger partial charge in [0.05, 0.1) is 12.1 Å². The summed E-state index contributed by atoms with van der Waals surface area (Å²) in [5.41, 5.74) is 7.51. The fourth-order valence-electron chi connectivity index (χ4n) is 3.64. The number of benzene rings is 3. The summed E-state index contributed by atoms with van der Waals surface area (Å²) in [6.07, 6.45) is 2.23. The molecule has 1 aliphatic rings. The average Bonchev–Trinajstić information content (AvgIpc) is 3.29. The van der Waals surface area contributed by atoms with Gasteiger partial charge in [-0.25, -0.2) is 0 Å². The van der Waals surface area contributed by atoms with E-state index >= 15 is 0 Å². The van der Waals surface area contributed by atoms with Gasteiger partial charge in [0.2, 0.25) is 0 Å². The molecule has 0 radical (unpaired) electrons. The molecule has 1 saturated heterocycles. The topological polar surface area (TPSA) is 73.6 Å². The molecule has 30 heavy (non-hydrogen) atoms. The van der Waals surface area contributed by atoms with E-state index in [2.05, 4.69) is 29.6 Å². The second-order valence-electron chi connectivity index (χ2n) is 7.34. The summed E-state index contributed by atoms with van der Waals surface area (Å²) in [7, 11) is 0. The summed E-state index contributed by atoms with van der Waals surface area (Å²) in [6.45, 7) is 1.62. The number of fused-ring (bicyclic) bond motifs is 1. The summed E-state index contributed by atoms with van der Waals surface area (Å²) in [5, 5.41) is 5.33. The zero-order valence-electron chi connectivity index (χ0n) is 16.8. The first-order valence-corrected chi connectivity index (χ1v) is 10.1. The number of ether oxygens (including phenoxy) is 2. The highest BCUT2D eigenvalue weighted by Crippen LogP contribution is 2.21. The fourth-order valence-corrected chi connectivity index (χ4v) is 3.64. The highest BCUT2D eigenvalue weighted by atomic mass is 35.5. The maximum atomic E-state index is 12.8. The maximum Gasteiger partial charge on any atom is 0.251 e. The van der Waals surface area contributed by atoms with Gasteiger partial charge < -0.3 is 20.5 Å². The van der Waals surface area contributed by atoms with Crippen molar-refractivity contribution < 1.29 is 14.3 Å². The van der Waals surface area contributed by atoms with E-state index in [1.165, 1.54) is 0 Å². The third-order valence-corrected chi connectivity index (χ3v) is 5.27. The summed E-state index contributed by atoms with van der Waals surface area (Å²) in [6, 6.07) is 21.3. The normalized spacial score (nSPS) is 16.6. The lowest BCUT2D eigenvalue weighted by atomic mass is 10.0. The van der Waals surface area contributed by atoms with Gasteiger partial charge in [-0.05, 0) is 53.4 Å². The van der Waals surface area contributed by atoms with Crippen molar-refractivity contribution in [3.8, 4) is 5.75 Å². The number of rotatable bonds is 7. The molecule has 0 aliphatic carbocycles. The molecule has 3 N–H and O–H groups in total. The number of nitrogens with one attached hydrogen (secondary N) is 1. The van der Waals surface area contributed by atoms with Crippen molar-refractivity contribution in [2.45, 2.75) is 25.0 Å². The van der Waals surface area contributed by atoms with Crippen molar-refractivity contribution in [3.63, 3.8) is 0 Å². The molecule has 1 fully saturated rings. The Morgan fingerprint density at radius 3 is 2.70 bits per heavy atom. The molecule has 1 aliphatic heterocycles. The monoisotopic (exact) mass is 426 g/mol. The molecule has 1 heterocycles. The molecule has 5 nitrogen and oxygen atoms in total. The molecule has 0 saturated carbocycles. The summed E-state index contributed by atoms with van der Waals surface area (Å²) < 4.78 is 11.4. The lowest BCUT2D eigenvalue weighted by Gasteiger charge is -2.18. The first-order valence-electron chi connectivity index (χ1n) is 10.1. The van der Waals surface area contributed by atoms with Crippen molar-refractivity contribution in [3.05, 3.63) is 77.9 Å². The Morgan fingerprint density at radius 1 is 1.10 bits per heavy atom. The van der Waals surface area contributed by atoms with Gasteiger partial charge in [-0.2, -0.15) is 0 Å². The molecular weight excluding hydrogens is 400 g/mol. The summed E-state index contributed by atoms with van der Waals surface area (Å²) >= 11 is 0. The van der Waals surface area contributed by atoms with Crippen molar-refractivity contribution in [1.29, 1.82) is 0 Å². The highest BCUT2D eigenvalue weighted by molar-refractivity contribution is 5.95. The largest absolute Gasteiger partial charge is 0.491 e. The standard InChI is InChI=1S/C24H26N2O3.ClH/c25-15-23(19-11-10-17-5-1-2-6-18(17)13-19)26-24(27)20-7-3-8-21(14-20)29-16-22-9-4-12-28-22;/h1-3,5-8,10-11,13-14,22-23H,4,9,12,15-16,25H2,(H,26,27);1H. The molecule has 0 spiro atoms. The van der Waals surface area contributed by atoms with Gasteiger partial charge in [-0.1, -0.05) is 42.5 Å². The van der Waals surface area contributed by atoms with Gasteiger partial charge in [0.25, 0.3) is 5.91 Å². The molecule has 3 aromatic carbocycles. The smallest absolute Gasteiger partial charge is 0.251 e. The zero-order valence-corrected chi connectivity index (χ0v) is 17.6. The minimum absolute atomic E-state index is 0. The zero-order chi connectivity index (χ0) is 20.1. The van der Waals surface area contributed by atoms with Crippen LogP contribution in [0, 0.1) is 0 Å². The van der Waals surface area contributed by atoms with Gasteiger partial charge in [-0.3, -0.25) is 4.79 Å². The van der Waals surface area contributed by atoms with E-state index in [1.807, 2.05) is 30.3 Å². The van der Waals surface area contributed by atoms with Gasteiger partial charge in [-0.15, -0.1) is 12.4 Å². The number of halogens is 1. The molecule has 2 atom stereocenters. The minimum Gasteiger partial charge on any atom is -0.491 e. The van der Waals surface area contributed by atoms with Gasteiger partial charge in [0.1, 0.15) is 12.4 Å². The number of nitrogens with two attached hydrogens (primary N) is 1. The predicted molar refractivity (Wildman–Crippen MR) is 121 cm³/mol. The second kappa shape index (κ2) is 10.4. The minimum atomic E-state index is -0.261. The van der Waals surface area contributed by atoms with Crippen LogP contribution in [0.1, 0.15) is 34.8 Å². The molecule has 0 aromatic heterocycles. The van der Waals surface area contributed by atoms with E-state index in [0.29, 0.717) is 24.5 Å². The predicted octanol–water partition coefficient (Wildman–Crippen LogP) is 4.25. The van der Waals surface area contributed by atoms with Crippen LogP contribution in [0.2, 0.25) is 0 Å². The Balaban J connectivity index is 0.00000256. The lowest BCUT2D eigenvalue weighted by Crippen LogP contribution is -2.33. The molecule has 1 amide bonds. The Kier molecular flexibility index (Phi) is 7.69. The Morgan fingerprint density at radius 2 is 1.93 bits per heavy atom. The number of carbonyl (C=O) groups is 1. The van der Waals surface area contributed by atoms with Crippen LogP contribution in [0.3, 0.4) is 0 Å². The van der Waals surface area contributed by atoms with Crippen LogP contribution in [0.4, 0.5) is 0 Å². The SMILES string of the molecule is Cl.NCC(NC(=O)c1cccc(OCC2CCCO2)c1)c1ccc2ccccc2c1. The first kappa shape index (κ1) is 22.1. The van der Waals surface area contributed by atoms with E-state index in [1.54, 1.807) is 12.1 Å². The van der Waals surface area contributed by atoms with Crippen LogP contribution in [0.25, 0.3) is 10.8 Å². The van der Waals surface area contributed by atoms with Gasteiger partial charge in [0.15, 0.2) is 0 Å². The average molecular weight is 427 g/mol. The van der Waals surface area contributed by atoms with E-state index < -0.39 is 0 Å². The Labute approximate surface area is 183 Å². The highest BCUT2D eigenvalue weighted by Gasteiger charge is 2.18. The van der Waals surface area contributed by atoms with Crippen LogP contribution in [-0.4, -0.2) is 31.8 Å². The third kappa shape index (κ3) is 5.30. The van der Waals surface area contributed by atoms with Crippen molar-refractivity contribution >= 4 is 29.1 Å². The van der Waals surface area contributed by atoms with Crippen LogP contribution < -0.4 is 15.8 Å². The Hall–Kier alpha value is -2.60. The Bertz CT molecular complexity index is 989. The van der Waals surface area contributed by atoms with E-state index in [9.17, 15) is 4.79 Å². The molecule has 158 valence electrons. The quantitative estimate of drug-likeness (QED) is 0.592. The van der Waals surface area contributed by atoms with Crippen molar-refractivity contribution in [2.24, 2.45) is 5.73 Å². The van der Waals surface area contributed by atoms with Crippen LogP contribution in [0.15, 0.2) is 66.7 Å². The fraction of sp³-hybridized carbons (Fsp3) is 0.292. The maximum absolute atomic E-state index is 12.8. The van der Waals surface area contributed by atoms with Crippen molar-refractivity contribution in [1.82, 2.24) is 5.32 Å². The van der Waals surface area contributed by atoms with Gasteiger partial charge in [0, 0.05) is 18.7 Å². The summed E-state index contributed by atoms with van der Waals surface area (Å²) in [4.78, 5) is 12.8. The number of hydrogen-bond acceptors (Lipinski definition) is 4. The molecular formula is C24H27ClN2O3. The lowest BCUT2D eigenvalue weighted by molar-refractivity contribution is 0.0679. The van der Waals surface area contributed by atoms with Crippen LogP contribution in [-0.2, 0) is 4.74 Å². The van der Waals surface area contributed by atoms with E-state index in [4.69, 9.17) is 15.2 Å². The third-order valence-electron chi connectivity index (χ3n) is 5.27. The molecule has 6 heteroatoms. The second-order valence-corrected chi connectivity index (χ2v) is 7.34.